The fourth-order valence-corrected chi connectivity index (χ4v) is 2.81. The second-order valence-corrected chi connectivity index (χ2v) is 5.62. The molecule has 0 aromatic rings. The van der Waals surface area contributed by atoms with Crippen LogP contribution in [0.3, 0.4) is 0 Å². The number of rotatable bonds is 7. The molecule has 0 amide bonds. The molecule has 1 N–H and O–H groups in total. The van der Waals surface area contributed by atoms with Crippen molar-refractivity contribution in [3.05, 3.63) is 0 Å². The molecule has 0 aliphatic heterocycles. The van der Waals surface area contributed by atoms with E-state index in [0.29, 0.717) is 0 Å². The first-order chi connectivity index (χ1) is 7.18. The average Bonchev–Trinajstić information content (AvgIpc) is 2.57. The summed E-state index contributed by atoms with van der Waals surface area (Å²) < 4.78 is 0. The lowest BCUT2D eigenvalue weighted by atomic mass is 9.98. The molecule has 0 unspecified atom stereocenters. The van der Waals surface area contributed by atoms with E-state index in [1.54, 1.807) is 0 Å². The van der Waals surface area contributed by atoms with Crippen LogP contribution in [0, 0.1) is 11.8 Å². The van der Waals surface area contributed by atoms with Crippen molar-refractivity contribution in [1.29, 1.82) is 0 Å². The van der Waals surface area contributed by atoms with Gasteiger partial charge in [-0.15, -0.1) is 0 Å². The number of unbranched alkanes of at least 4 members (excludes halogenated alkanes) is 3. The van der Waals surface area contributed by atoms with Crippen molar-refractivity contribution in [2.24, 2.45) is 11.8 Å². The summed E-state index contributed by atoms with van der Waals surface area (Å²) in [6.07, 6.45) is 12.1. The van der Waals surface area contributed by atoms with Crippen molar-refractivity contribution in [1.82, 2.24) is 0 Å². The summed E-state index contributed by atoms with van der Waals surface area (Å²) in [4.78, 5) is 0. The summed E-state index contributed by atoms with van der Waals surface area (Å²) in [5, 5.41) is 9.11. The molecule has 0 radical (unpaired) electrons. The van der Waals surface area contributed by atoms with Crippen LogP contribution in [0.4, 0.5) is 0 Å². The van der Waals surface area contributed by atoms with Gasteiger partial charge in [-0.3, -0.25) is 0 Å². The Hall–Kier alpha value is -0.0400. The minimum atomic E-state index is -0.0966. The molecule has 1 aliphatic carbocycles. The van der Waals surface area contributed by atoms with E-state index in [9.17, 15) is 0 Å². The average molecular weight is 212 g/mol. The lowest BCUT2D eigenvalue weighted by Gasteiger charge is -2.09. The molecule has 1 heteroatoms. The molecule has 0 spiro atoms. The Kier molecular flexibility index (Phi) is 6.31. The van der Waals surface area contributed by atoms with Crippen molar-refractivity contribution >= 4 is 0 Å². The minimum Gasteiger partial charge on any atom is -0.393 e. The SMILES string of the molecule is C[C@@H]1CC[C@H](CCCCCC[C@@H](C)O)C1. The first kappa shape index (κ1) is 13.0. The van der Waals surface area contributed by atoms with Crippen LogP contribution >= 0.6 is 0 Å². The first-order valence-electron chi connectivity index (χ1n) is 6.86. The van der Waals surface area contributed by atoms with Crippen LogP contribution < -0.4 is 0 Å². The Balaban J connectivity index is 1.85. The van der Waals surface area contributed by atoms with Gasteiger partial charge in [-0.05, 0) is 31.6 Å². The van der Waals surface area contributed by atoms with E-state index in [1.165, 1.54) is 51.4 Å². The van der Waals surface area contributed by atoms with Gasteiger partial charge in [-0.2, -0.15) is 0 Å². The lowest BCUT2D eigenvalue weighted by molar-refractivity contribution is 0.180. The predicted molar refractivity (Wildman–Crippen MR) is 65.9 cm³/mol. The number of aliphatic hydroxyl groups excluding tert-OH is 1. The molecule has 0 aromatic carbocycles. The smallest absolute Gasteiger partial charge is 0.0512 e. The summed E-state index contributed by atoms with van der Waals surface area (Å²) in [7, 11) is 0. The fraction of sp³-hybridized carbons (Fsp3) is 1.00. The highest BCUT2D eigenvalue weighted by molar-refractivity contribution is 4.72. The maximum absolute atomic E-state index is 9.11. The van der Waals surface area contributed by atoms with Crippen molar-refractivity contribution in [3.63, 3.8) is 0 Å². The summed E-state index contributed by atoms with van der Waals surface area (Å²) in [5.41, 5.74) is 0. The van der Waals surface area contributed by atoms with Gasteiger partial charge in [0.25, 0.3) is 0 Å². The Morgan fingerprint density at radius 2 is 1.87 bits per heavy atom. The quantitative estimate of drug-likeness (QED) is 0.629. The third-order valence-corrected chi connectivity index (χ3v) is 3.79. The van der Waals surface area contributed by atoms with E-state index in [2.05, 4.69) is 6.92 Å². The maximum Gasteiger partial charge on any atom is 0.0512 e. The summed E-state index contributed by atoms with van der Waals surface area (Å²) in [6, 6.07) is 0. The van der Waals surface area contributed by atoms with Gasteiger partial charge in [0.2, 0.25) is 0 Å². The van der Waals surface area contributed by atoms with E-state index >= 15 is 0 Å². The molecule has 1 nitrogen and oxygen atoms in total. The topological polar surface area (TPSA) is 20.2 Å². The molecule has 0 heterocycles. The lowest BCUT2D eigenvalue weighted by Crippen LogP contribution is -1.98. The normalized spacial score (nSPS) is 28.2. The van der Waals surface area contributed by atoms with Gasteiger partial charge in [0.05, 0.1) is 6.10 Å². The molecule has 1 rings (SSSR count). The van der Waals surface area contributed by atoms with E-state index < -0.39 is 0 Å². The van der Waals surface area contributed by atoms with Crippen molar-refractivity contribution in [2.75, 3.05) is 0 Å². The molecular formula is C14H28O. The highest BCUT2D eigenvalue weighted by Gasteiger charge is 2.20. The third-order valence-electron chi connectivity index (χ3n) is 3.79. The molecular weight excluding hydrogens is 184 g/mol. The zero-order valence-electron chi connectivity index (χ0n) is 10.5. The number of aliphatic hydroxyl groups is 1. The van der Waals surface area contributed by atoms with E-state index in [-0.39, 0.29) is 6.10 Å². The third kappa shape index (κ3) is 6.19. The molecule has 3 atom stereocenters. The van der Waals surface area contributed by atoms with Crippen LogP contribution in [0.25, 0.3) is 0 Å². The predicted octanol–water partition coefficient (Wildman–Crippen LogP) is 4.14. The second-order valence-electron chi connectivity index (χ2n) is 5.62. The fourth-order valence-electron chi connectivity index (χ4n) is 2.81. The molecule has 0 aromatic heterocycles. The highest BCUT2D eigenvalue weighted by atomic mass is 16.3. The second kappa shape index (κ2) is 7.27. The van der Waals surface area contributed by atoms with E-state index in [4.69, 9.17) is 5.11 Å². The largest absolute Gasteiger partial charge is 0.393 e. The van der Waals surface area contributed by atoms with Crippen molar-refractivity contribution in [2.45, 2.75) is 77.7 Å². The Morgan fingerprint density at radius 1 is 1.13 bits per heavy atom. The molecule has 0 bridgehead atoms. The number of hydrogen-bond acceptors (Lipinski definition) is 1. The van der Waals surface area contributed by atoms with Gasteiger partial charge in [0, 0.05) is 0 Å². The van der Waals surface area contributed by atoms with E-state index in [1.807, 2.05) is 6.92 Å². The monoisotopic (exact) mass is 212 g/mol. The van der Waals surface area contributed by atoms with Crippen LogP contribution in [0.2, 0.25) is 0 Å². The minimum absolute atomic E-state index is 0.0966. The zero-order valence-corrected chi connectivity index (χ0v) is 10.5. The zero-order chi connectivity index (χ0) is 11.1. The van der Waals surface area contributed by atoms with Gasteiger partial charge in [-0.1, -0.05) is 51.9 Å². The Labute approximate surface area is 95.3 Å². The van der Waals surface area contributed by atoms with Gasteiger partial charge in [-0.25, -0.2) is 0 Å². The van der Waals surface area contributed by atoms with Crippen LogP contribution in [-0.4, -0.2) is 11.2 Å². The first-order valence-corrected chi connectivity index (χ1v) is 6.86. The summed E-state index contributed by atoms with van der Waals surface area (Å²) >= 11 is 0. The van der Waals surface area contributed by atoms with Gasteiger partial charge in [0.15, 0.2) is 0 Å². The van der Waals surface area contributed by atoms with Crippen LogP contribution in [0.1, 0.15) is 71.6 Å². The molecule has 90 valence electrons. The van der Waals surface area contributed by atoms with Crippen LogP contribution in [0.15, 0.2) is 0 Å². The van der Waals surface area contributed by atoms with Crippen molar-refractivity contribution < 1.29 is 5.11 Å². The molecule has 0 saturated heterocycles. The van der Waals surface area contributed by atoms with Gasteiger partial charge >= 0.3 is 0 Å². The number of hydrogen-bond donors (Lipinski definition) is 1. The van der Waals surface area contributed by atoms with Crippen LogP contribution in [-0.2, 0) is 0 Å². The Morgan fingerprint density at radius 3 is 2.47 bits per heavy atom. The van der Waals surface area contributed by atoms with Gasteiger partial charge in [0.1, 0.15) is 0 Å². The standard InChI is InChI=1S/C14H28O/c1-12-9-10-14(11-12)8-6-4-3-5-7-13(2)15/h12-15H,3-11H2,1-2H3/t12-,13-,14+/m1/s1. The summed E-state index contributed by atoms with van der Waals surface area (Å²) in [6.45, 7) is 4.28. The summed E-state index contributed by atoms with van der Waals surface area (Å²) in [5.74, 6) is 2.03. The maximum atomic E-state index is 9.11. The molecule has 15 heavy (non-hydrogen) atoms. The van der Waals surface area contributed by atoms with E-state index in [0.717, 1.165) is 18.3 Å². The molecule has 1 fully saturated rings. The Bertz CT molecular complexity index is 153. The molecule has 1 aliphatic rings. The van der Waals surface area contributed by atoms with Gasteiger partial charge < -0.3 is 5.11 Å². The van der Waals surface area contributed by atoms with Crippen molar-refractivity contribution in [3.8, 4) is 0 Å². The van der Waals surface area contributed by atoms with Crippen LogP contribution in [0.5, 0.6) is 0 Å². The molecule has 1 saturated carbocycles. The highest BCUT2D eigenvalue weighted by Crippen LogP contribution is 2.33.